The number of hydrogen-bond donors (Lipinski definition) is 3. The topological polar surface area (TPSA) is 87.3 Å². The number of hydrogen-bond acceptors (Lipinski definition) is 4. The van der Waals surface area contributed by atoms with Gasteiger partial charge in [0.05, 0.1) is 0 Å². The van der Waals surface area contributed by atoms with Crippen LogP contribution in [0.2, 0.25) is 0 Å². The molecule has 0 aromatic rings. The van der Waals surface area contributed by atoms with Gasteiger partial charge in [0.25, 0.3) is 0 Å². The second-order valence-electron chi connectivity index (χ2n) is 2.69. The Bertz CT molecular complexity index is 63.9. The van der Waals surface area contributed by atoms with Crippen LogP contribution in [0.3, 0.4) is 0 Å². The molecule has 0 aliphatic heterocycles. The van der Waals surface area contributed by atoms with Gasteiger partial charge in [0.2, 0.25) is 0 Å². The highest BCUT2D eigenvalue weighted by molar-refractivity contribution is 4.36. The van der Waals surface area contributed by atoms with Gasteiger partial charge in [-0.15, -0.1) is 0 Å². The first-order valence-corrected chi connectivity index (χ1v) is 5.01. The first-order chi connectivity index (χ1) is 6.33. The molecule has 0 aliphatic rings. The average Bonchev–Trinajstić information content (AvgIpc) is 2.18. The molecular weight excluding hydrogens is 166 g/mol. The average molecular weight is 191 g/mol. The van der Waals surface area contributed by atoms with Crippen LogP contribution < -0.4 is 17.2 Å². The van der Waals surface area contributed by atoms with Crippen molar-refractivity contribution in [2.45, 2.75) is 26.2 Å². The second-order valence-corrected chi connectivity index (χ2v) is 2.69. The fourth-order valence-electron chi connectivity index (χ4n) is 0.534. The summed E-state index contributed by atoms with van der Waals surface area (Å²) in [5.74, 6) is 0. The zero-order chi connectivity index (χ0) is 10.4. The van der Waals surface area contributed by atoms with E-state index in [4.69, 9.17) is 21.9 Å². The van der Waals surface area contributed by atoms with E-state index in [-0.39, 0.29) is 0 Å². The van der Waals surface area contributed by atoms with Gasteiger partial charge >= 0.3 is 0 Å². The third-order valence-electron chi connectivity index (χ3n) is 1.30. The van der Waals surface area contributed by atoms with E-state index in [1.165, 1.54) is 12.8 Å². The van der Waals surface area contributed by atoms with Gasteiger partial charge in [0.1, 0.15) is 0 Å². The van der Waals surface area contributed by atoms with Crippen molar-refractivity contribution < 1.29 is 4.74 Å². The van der Waals surface area contributed by atoms with Crippen LogP contribution >= 0.6 is 0 Å². The van der Waals surface area contributed by atoms with Crippen molar-refractivity contribution in [1.82, 2.24) is 0 Å². The second kappa shape index (κ2) is 17.8. The Kier molecular flexibility index (Phi) is 21.0. The zero-order valence-electron chi connectivity index (χ0n) is 8.80. The molecule has 6 N–H and O–H groups in total. The summed E-state index contributed by atoms with van der Waals surface area (Å²) in [4.78, 5) is 0. The van der Waals surface area contributed by atoms with E-state index in [2.05, 4.69) is 6.92 Å². The van der Waals surface area contributed by atoms with E-state index < -0.39 is 0 Å². The summed E-state index contributed by atoms with van der Waals surface area (Å²) in [7, 11) is 0. The normalized spacial score (nSPS) is 9.23. The van der Waals surface area contributed by atoms with Gasteiger partial charge in [-0.25, -0.2) is 0 Å². The highest BCUT2D eigenvalue weighted by Gasteiger charge is 1.84. The Balaban J connectivity index is 0. The minimum absolute atomic E-state index is 0.597. The Morgan fingerprint density at radius 3 is 1.77 bits per heavy atom. The Labute approximate surface area is 81.8 Å². The lowest BCUT2D eigenvalue weighted by atomic mass is 10.4. The fraction of sp³-hybridized carbons (Fsp3) is 1.00. The van der Waals surface area contributed by atoms with Crippen LogP contribution in [-0.4, -0.2) is 32.8 Å². The molecule has 0 saturated carbocycles. The van der Waals surface area contributed by atoms with Crippen molar-refractivity contribution in [3.05, 3.63) is 0 Å². The first-order valence-electron chi connectivity index (χ1n) is 5.01. The van der Waals surface area contributed by atoms with E-state index in [0.717, 1.165) is 26.2 Å². The Morgan fingerprint density at radius 2 is 1.38 bits per heavy atom. The van der Waals surface area contributed by atoms with Crippen LogP contribution in [0.4, 0.5) is 0 Å². The summed E-state index contributed by atoms with van der Waals surface area (Å²) in [5.41, 5.74) is 15.1. The lowest BCUT2D eigenvalue weighted by Crippen LogP contribution is -2.11. The number of rotatable bonds is 7. The standard InChI is InChI=1S/C7H17NO.C2H8N2/c1-2-3-6-9-7-4-5-8;3-1-2-4/h2-8H2,1H3;1-4H2. The highest BCUT2D eigenvalue weighted by Crippen LogP contribution is 1.88. The summed E-state index contributed by atoms with van der Waals surface area (Å²) in [6.07, 6.45) is 3.37. The zero-order valence-corrected chi connectivity index (χ0v) is 8.80. The van der Waals surface area contributed by atoms with Crippen LogP contribution in [0.25, 0.3) is 0 Å². The van der Waals surface area contributed by atoms with E-state index >= 15 is 0 Å². The van der Waals surface area contributed by atoms with Crippen LogP contribution in [0, 0.1) is 0 Å². The maximum absolute atomic E-state index is 5.26. The van der Waals surface area contributed by atoms with Gasteiger partial charge in [0.15, 0.2) is 0 Å². The van der Waals surface area contributed by atoms with E-state index in [9.17, 15) is 0 Å². The molecule has 0 aromatic heterocycles. The molecule has 0 saturated heterocycles. The van der Waals surface area contributed by atoms with Crippen LogP contribution in [-0.2, 0) is 4.74 Å². The van der Waals surface area contributed by atoms with Crippen molar-refractivity contribution in [2.24, 2.45) is 17.2 Å². The van der Waals surface area contributed by atoms with Gasteiger partial charge < -0.3 is 21.9 Å². The SMILES string of the molecule is CCCCOCCCN.NCCN. The molecule has 4 heteroatoms. The number of nitrogens with two attached hydrogens (primary N) is 3. The maximum atomic E-state index is 5.26. The van der Waals surface area contributed by atoms with Gasteiger partial charge in [-0.1, -0.05) is 13.3 Å². The summed E-state index contributed by atoms with van der Waals surface area (Å²) >= 11 is 0. The molecule has 0 spiro atoms. The molecule has 0 fully saturated rings. The van der Waals surface area contributed by atoms with Crippen molar-refractivity contribution in [3.63, 3.8) is 0 Å². The van der Waals surface area contributed by atoms with Crippen LogP contribution in [0.5, 0.6) is 0 Å². The molecule has 13 heavy (non-hydrogen) atoms. The van der Waals surface area contributed by atoms with Crippen molar-refractivity contribution in [3.8, 4) is 0 Å². The summed E-state index contributed by atoms with van der Waals surface area (Å²) < 4.78 is 5.23. The van der Waals surface area contributed by atoms with Gasteiger partial charge in [-0.3, -0.25) is 0 Å². The molecule has 0 heterocycles. The molecule has 0 aliphatic carbocycles. The lowest BCUT2D eigenvalue weighted by Gasteiger charge is -1.99. The fourth-order valence-corrected chi connectivity index (χ4v) is 0.534. The quantitative estimate of drug-likeness (QED) is 0.496. The van der Waals surface area contributed by atoms with E-state index in [1.807, 2.05) is 0 Å². The van der Waals surface area contributed by atoms with Gasteiger partial charge in [0, 0.05) is 26.3 Å². The molecule has 0 rings (SSSR count). The maximum Gasteiger partial charge on any atom is 0.0478 e. The molecule has 0 amide bonds. The smallest absolute Gasteiger partial charge is 0.0478 e. The number of ether oxygens (including phenoxy) is 1. The Morgan fingerprint density at radius 1 is 0.846 bits per heavy atom. The predicted octanol–water partition coefficient (Wildman–Crippen LogP) is 0.0557. The first kappa shape index (κ1) is 15.3. The van der Waals surface area contributed by atoms with Gasteiger partial charge in [-0.05, 0) is 19.4 Å². The molecule has 0 bridgehead atoms. The predicted molar refractivity (Wildman–Crippen MR) is 57.5 cm³/mol. The highest BCUT2D eigenvalue weighted by atomic mass is 16.5. The molecule has 0 atom stereocenters. The molecule has 0 radical (unpaired) electrons. The molecule has 0 aromatic carbocycles. The number of unbranched alkanes of at least 4 members (excludes halogenated alkanes) is 1. The Hall–Kier alpha value is -0.160. The van der Waals surface area contributed by atoms with Crippen LogP contribution in [0.15, 0.2) is 0 Å². The van der Waals surface area contributed by atoms with E-state index in [0.29, 0.717) is 13.1 Å². The van der Waals surface area contributed by atoms with Crippen molar-refractivity contribution >= 4 is 0 Å². The van der Waals surface area contributed by atoms with Gasteiger partial charge in [-0.2, -0.15) is 0 Å². The third-order valence-corrected chi connectivity index (χ3v) is 1.30. The lowest BCUT2D eigenvalue weighted by molar-refractivity contribution is 0.130. The summed E-state index contributed by atoms with van der Waals surface area (Å²) in [5, 5.41) is 0. The minimum Gasteiger partial charge on any atom is -0.381 e. The molecular formula is C9H25N3O. The molecule has 4 nitrogen and oxygen atoms in total. The summed E-state index contributed by atoms with van der Waals surface area (Å²) in [6, 6.07) is 0. The monoisotopic (exact) mass is 191 g/mol. The summed E-state index contributed by atoms with van der Waals surface area (Å²) in [6.45, 7) is 5.82. The van der Waals surface area contributed by atoms with Crippen molar-refractivity contribution in [1.29, 1.82) is 0 Å². The van der Waals surface area contributed by atoms with Crippen molar-refractivity contribution in [2.75, 3.05) is 32.8 Å². The third kappa shape index (κ3) is 24.5. The van der Waals surface area contributed by atoms with Crippen LogP contribution in [0.1, 0.15) is 26.2 Å². The largest absolute Gasteiger partial charge is 0.381 e. The minimum atomic E-state index is 0.597. The molecule has 0 unspecified atom stereocenters. The molecule has 82 valence electrons. The van der Waals surface area contributed by atoms with E-state index in [1.54, 1.807) is 0 Å².